The molecule has 1 unspecified atom stereocenters. The lowest BCUT2D eigenvalue weighted by Crippen LogP contribution is -2.43. The Hall–Kier alpha value is -1.75. The Morgan fingerprint density at radius 2 is 2.16 bits per heavy atom. The first kappa shape index (κ1) is 13.7. The van der Waals surface area contributed by atoms with E-state index in [0.717, 1.165) is 0 Å². The van der Waals surface area contributed by atoms with Crippen molar-refractivity contribution in [3.8, 4) is 11.5 Å². The average molecular weight is 265 g/mol. The summed E-state index contributed by atoms with van der Waals surface area (Å²) in [6, 6.07) is 3.50. The van der Waals surface area contributed by atoms with Gasteiger partial charge in [0.05, 0.1) is 18.9 Å². The van der Waals surface area contributed by atoms with Crippen molar-refractivity contribution in [2.24, 2.45) is 0 Å². The van der Waals surface area contributed by atoms with E-state index >= 15 is 0 Å². The van der Waals surface area contributed by atoms with Crippen molar-refractivity contribution in [2.75, 3.05) is 18.6 Å². The average Bonchev–Trinajstić information content (AvgIpc) is 2.43. The molecule has 0 aromatic heterocycles. The number of hydrogen-bond acceptors (Lipinski definition) is 4. The second-order valence-corrected chi connectivity index (χ2v) is 4.45. The maximum Gasteiger partial charge on any atom is 0.267 e. The first-order chi connectivity index (χ1) is 9.12. The first-order valence-corrected chi connectivity index (χ1v) is 6.47. The summed E-state index contributed by atoms with van der Waals surface area (Å²) >= 11 is 0. The van der Waals surface area contributed by atoms with E-state index in [1.807, 2.05) is 13.8 Å². The Morgan fingerprint density at radius 1 is 1.42 bits per heavy atom. The van der Waals surface area contributed by atoms with Gasteiger partial charge in [-0.25, -0.2) is 0 Å². The number of fused-ring (bicyclic) bond motifs is 1. The van der Waals surface area contributed by atoms with Gasteiger partial charge in [0.25, 0.3) is 5.91 Å². The van der Waals surface area contributed by atoms with Gasteiger partial charge in [0, 0.05) is 7.05 Å². The number of carbonyl (C=O) groups excluding carboxylic acids is 1. The van der Waals surface area contributed by atoms with E-state index in [9.17, 15) is 9.90 Å². The molecular weight excluding hydrogens is 246 g/mol. The molecule has 5 nitrogen and oxygen atoms in total. The summed E-state index contributed by atoms with van der Waals surface area (Å²) in [7, 11) is 1.71. The number of carbonyl (C=O) groups is 1. The molecule has 0 saturated heterocycles. The van der Waals surface area contributed by atoms with E-state index in [2.05, 4.69) is 0 Å². The zero-order valence-corrected chi connectivity index (χ0v) is 11.5. The zero-order valence-electron chi connectivity index (χ0n) is 11.5. The van der Waals surface area contributed by atoms with Crippen LogP contribution in [-0.4, -0.2) is 30.8 Å². The lowest BCUT2D eigenvalue weighted by atomic mass is 10.1. The summed E-state index contributed by atoms with van der Waals surface area (Å²) in [5.41, 5.74) is 1.34. The van der Waals surface area contributed by atoms with E-state index in [4.69, 9.17) is 9.47 Å². The molecule has 0 radical (unpaired) electrons. The number of likely N-dealkylation sites (N-methyl/N-ethyl adjacent to an activating group) is 1. The van der Waals surface area contributed by atoms with Gasteiger partial charge in [-0.15, -0.1) is 0 Å². The topological polar surface area (TPSA) is 59.0 Å². The van der Waals surface area contributed by atoms with Crippen molar-refractivity contribution in [2.45, 2.75) is 33.0 Å². The van der Waals surface area contributed by atoms with Gasteiger partial charge >= 0.3 is 0 Å². The smallest absolute Gasteiger partial charge is 0.267 e. The molecule has 1 heterocycles. The predicted molar refractivity (Wildman–Crippen MR) is 71.7 cm³/mol. The second kappa shape index (κ2) is 5.48. The maximum atomic E-state index is 12.1. The number of aliphatic hydroxyl groups excluding tert-OH is 1. The maximum absolute atomic E-state index is 12.1. The van der Waals surface area contributed by atoms with E-state index < -0.39 is 6.10 Å². The van der Waals surface area contributed by atoms with Crippen molar-refractivity contribution in [3.05, 3.63) is 17.7 Å². The Kier molecular flexibility index (Phi) is 3.95. The predicted octanol–water partition coefficient (Wildman–Crippen LogP) is 1.71. The zero-order chi connectivity index (χ0) is 14.0. The van der Waals surface area contributed by atoms with Gasteiger partial charge in [0.15, 0.2) is 17.6 Å². The summed E-state index contributed by atoms with van der Waals surface area (Å²) < 4.78 is 11.3. The third-order valence-corrected chi connectivity index (χ3v) is 3.18. The molecule has 1 N–H and O–H groups in total. The highest BCUT2D eigenvalue weighted by Gasteiger charge is 2.33. The summed E-state index contributed by atoms with van der Waals surface area (Å²) in [6.07, 6.45) is 0.132. The molecule has 1 aliphatic heterocycles. The van der Waals surface area contributed by atoms with Crippen LogP contribution in [0.4, 0.5) is 5.69 Å². The van der Waals surface area contributed by atoms with Crippen LogP contribution < -0.4 is 14.4 Å². The Labute approximate surface area is 112 Å². The van der Waals surface area contributed by atoms with Crippen LogP contribution in [-0.2, 0) is 11.4 Å². The minimum Gasteiger partial charge on any atom is -0.490 e. The molecule has 1 aromatic carbocycles. The molecule has 2 rings (SSSR count). The van der Waals surface area contributed by atoms with Crippen molar-refractivity contribution in [3.63, 3.8) is 0 Å². The standard InChI is InChI=1S/C14H19NO4/c1-4-11-14(17)15(3)10-6-9(8-16)7-12(18-5-2)13(10)19-11/h6-7,11,16H,4-5,8H2,1-3H3. The van der Waals surface area contributed by atoms with Crippen molar-refractivity contribution in [1.82, 2.24) is 0 Å². The molecule has 5 heteroatoms. The highest BCUT2D eigenvalue weighted by atomic mass is 16.5. The van der Waals surface area contributed by atoms with Gasteiger partial charge in [-0.3, -0.25) is 4.79 Å². The molecule has 0 aliphatic carbocycles. The molecule has 0 spiro atoms. The number of amides is 1. The minimum atomic E-state index is -0.475. The van der Waals surface area contributed by atoms with Crippen LogP contribution in [0.15, 0.2) is 12.1 Å². The van der Waals surface area contributed by atoms with Crippen LogP contribution in [0, 0.1) is 0 Å². The van der Waals surface area contributed by atoms with Gasteiger partial charge < -0.3 is 19.5 Å². The summed E-state index contributed by atoms with van der Waals surface area (Å²) in [5, 5.41) is 9.28. The Balaban J connectivity index is 2.52. The van der Waals surface area contributed by atoms with Gasteiger partial charge in [0.1, 0.15) is 0 Å². The third kappa shape index (κ3) is 2.38. The summed E-state index contributed by atoms with van der Waals surface area (Å²) in [6.45, 7) is 4.18. The normalized spacial score (nSPS) is 18.0. The second-order valence-electron chi connectivity index (χ2n) is 4.45. The highest BCUT2D eigenvalue weighted by Crippen LogP contribution is 2.42. The number of hydrogen-bond donors (Lipinski definition) is 1. The van der Waals surface area contributed by atoms with Gasteiger partial charge in [-0.1, -0.05) is 6.92 Å². The van der Waals surface area contributed by atoms with Crippen molar-refractivity contribution >= 4 is 11.6 Å². The fourth-order valence-electron chi connectivity index (χ4n) is 2.15. The molecule has 1 aliphatic rings. The summed E-state index contributed by atoms with van der Waals surface area (Å²) in [5.74, 6) is 1.07. The van der Waals surface area contributed by atoms with Gasteiger partial charge in [-0.05, 0) is 31.0 Å². The van der Waals surface area contributed by atoms with E-state index in [0.29, 0.717) is 35.8 Å². The van der Waals surface area contributed by atoms with Crippen LogP contribution in [0.25, 0.3) is 0 Å². The number of benzene rings is 1. The van der Waals surface area contributed by atoms with E-state index in [1.165, 1.54) is 0 Å². The largest absolute Gasteiger partial charge is 0.490 e. The first-order valence-electron chi connectivity index (χ1n) is 6.47. The van der Waals surface area contributed by atoms with Crippen molar-refractivity contribution in [1.29, 1.82) is 0 Å². The lowest BCUT2D eigenvalue weighted by Gasteiger charge is -2.32. The Morgan fingerprint density at radius 3 is 2.74 bits per heavy atom. The lowest BCUT2D eigenvalue weighted by molar-refractivity contribution is -0.126. The summed E-state index contributed by atoms with van der Waals surface area (Å²) in [4.78, 5) is 13.6. The van der Waals surface area contributed by atoms with E-state index in [1.54, 1.807) is 24.1 Å². The highest BCUT2D eigenvalue weighted by molar-refractivity contribution is 6.00. The molecule has 1 atom stereocenters. The minimum absolute atomic E-state index is 0.0764. The number of anilines is 1. The third-order valence-electron chi connectivity index (χ3n) is 3.18. The molecular formula is C14H19NO4. The molecule has 1 aromatic rings. The molecule has 0 bridgehead atoms. The van der Waals surface area contributed by atoms with Crippen LogP contribution in [0.5, 0.6) is 11.5 Å². The molecule has 104 valence electrons. The van der Waals surface area contributed by atoms with Crippen LogP contribution in [0.3, 0.4) is 0 Å². The number of ether oxygens (including phenoxy) is 2. The van der Waals surface area contributed by atoms with E-state index in [-0.39, 0.29) is 12.5 Å². The van der Waals surface area contributed by atoms with Crippen LogP contribution >= 0.6 is 0 Å². The number of nitrogens with zero attached hydrogens (tertiary/aromatic N) is 1. The van der Waals surface area contributed by atoms with Crippen molar-refractivity contribution < 1.29 is 19.4 Å². The monoisotopic (exact) mass is 265 g/mol. The molecule has 0 saturated carbocycles. The molecule has 1 amide bonds. The quantitative estimate of drug-likeness (QED) is 0.900. The van der Waals surface area contributed by atoms with Crippen LogP contribution in [0.2, 0.25) is 0 Å². The fraction of sp³-hybridized carbons (Fsp3) is 0.500. The molecule has 0 fully saturated rings. The number of rotatable bonds is 4. The SMILES string of the molecule is CCOc1cc(CO)cc2c1OC(CC)C(=O)N2C. The Bertz CT molecular complexity index is 487. The van der Waals surface area contributed by atoms with Gasteiger partial charge in [-0.2, -0.15) is 0 Å². The number of aliphatic hydroxyl groups is 1. The van der Waals surface area contributed by atoms with Crippen LogP contribution in [0.1, 0.15) is 25.8 Å². The molecule has 19 heavy (non-hydrogen) atoms. The van der Waals surface area contributed by atoms with Gasteiger partial charge in [0.2, 0.25) is 0 Å². The fourth-order valence-corrected chi connectivity index (χ4v) is 2.15.